The maximum Gasteiger partial charge on any atom is 0.345 e. The van der Waals surface area contributed by atoms with Gasteiger partial charge in [0.25, 0.3) is 0 Å². The molecule has 0 bridgehead atoms. The van der Waals surface area contributed by atoms with E-state index < -0.39 is 36.0 Å². The van der Waals surface area contributed by atoms with Gasteiger partial charge in [0.15, 0.2) is 0 Å². The second kappa shape index (κ2) is 13.5. The number of thiophene rings is 5. The van der Waals surface area contributed by atoms with Crippen molar-refractivity contribution in [1.82, 2.24) is 0 Å². The molecular weight excluding hydrogens is 685 g/mol. The highest BCUT2D eigenvalue weighted by atomic mass is 32.1. The van der Waals surface area contributed by atoms with Crippen molar-refractivity contribution in [3.63, 3.8) is 0 Å². The third-order valence-corrected chi connectivity index (χ3v) is 12.3. The third-order valence-electron chi connectivity index (χ3n) is 6.04. The summed E-state index contributed by atoms with van der Waals surface area (Å²) in [5.41, 5.74) is 11.3. The van der Waals surface area contributed by atoms with E-state index in [1.54, 1.807) is 24.3 Å². The smallest absolute Gasteiger partial charge is 0.345 e. The molecule has 0 aliphatic heterocycles. The number of hydrogen-bond acceptors (Lipinski definition) is 13. The van der Waals surface area contributed by atoms with Crippen LogP contribution in [-0.4, -0.2) is 69.6 Å². The number of aromatic carboxylic acids is 2. The van der Waals surface area contributed by atoms with Gasteiger partial charge in [-0.15, -0.1) is 56.7 Å². The first-order valence-electron chi connectivity index (χ1n) is 12.7. The lowest BCUT2D eigenvalue weighted by atomic mass is 10.3. The quantitative estimate of drug-likeness (QED) is 0.0826. The molecule has 5 aromatic heterocycles. The van der Waals surface area contributed by atoms with Gasteiger partial charge >= 0.3 is 23.9 Å². The molecule has 0 spiro atoms. The van der Waals surface area contributed by atoms with Crippen molar-refractivity contribution in [3.8, 4) is 50.5 Å². The van der Waals surface area contributed by atoms with E-state index in [1.807, 2.05) is 12.1 Å². The lowest BCUT2D eigenvalue weighted by Crippen LogP contribution is -2.36. The van der Waals surface area contributed by atoms with Crippen LogP contribution in [0.15, 0.2) is 48.5 Å². The Labute approximate surface area is 274 Å². The van der Waals surface area contributed by atoms with E-state index >= 15 is 0 Å². The molecule has 0 amide bonds. The zero-order valence-corrected chi connectivity index (χ0v) is 26.7. The van der Waals surface area contributed by atoms with E-state index in [9.17, 15) is 39.6 Å². The molecule has 12 nitrogen and oxygen atoms in total. The first-order valence-corrected chi connectivity index (χ1v) is 16.8. The van der Waals surface area contributed by atoms with E-state index in [0.29, 0.717) is 40.8 Å². The van der Waals surface area contributed by atoms with E-state index in [4.69, 9.17) is 20.9 Å². The topological polar surface area (TPSA) is 220 Å². The summed E-state index contributed by atoms with van der Waals surface area (Å²) in [5.74, 6) is -3.79. The second-order valence-corrected chi connectivity index (χ2v) is 14.6. The average molecular weight is 707 g/mol. The number of hydrogen-bond donors (Lipinski definition) is 6. The normalized spacial score (nSPS) is 12.5. The van der Waals surface area contributed by atoms with E-state index in [2.05, 4.69) is 0 Å². The Kier molecular flexibility index (Phi) is 9.68. The molecule has 0 aliphatic rings. The summed E-state index contributed by atoms with van der Waals surface area (Å²) in [6.07, 6.45) is 0. The summed E-state index contributed by atoms with van der Waals surface area (Å²) in [7, 11) is 0. The lowest BCUT2D eigenvalue weighted by Gasteiger charge is -2.09. The fourth-order valence-corrected chi connectivity index (χ4v) is 9.09. The molecule has 45 heavy (non-hydrogen) atoms. The minimum absolute atomic E-state index is 0.165. The number of carbonyl (C=O) groups is 4. The fourth-order valence-electron chi connectivity index (χ4n) is 3.80. The number of carboxylic acids is 4. The van der Waals surface area contributed by atoms with Gasteiger partial charge in [-0.2, -0.15) is 0 Å². The molecule has 5 heterocycles. The molecule has 5 aromatic rings. The molecule has 0 saturated heterocycles. The zero-order valence-electron chi connectivity index (χ0n) is 22.6. The highest BCUT2D eigenvalue weighted by Gasteiger charge is 2.23. The number of aliphatic carboxylic acids is 2. The fraction of sp³-hybridized carbons (Fsp3) is 0.143. The molecule has 0 saturated carbocycles. The summed E-state index contributed by atoms with van der Waals surface area (Å²) in [6.45, 7) is -0.590. The minimum Gasteiger partial charge on any atom is -0.490 e. The van der Waals surface area contributed by atoms with Crippen molar-refractivity contribution >= 4 is 80.6 Å². The first-order chi connectivity index (χ1) is 21.4. The second-order valence-electron chi connectivity index (χ2n) is 9.22. The van der Waals surface area contributed by atoms with Crippen LogP contribution in [0.25, 0.3) is 39.0 Å². The Morgan fingerprint density at radius 2 is 0.933 bits per heavy atom. The Morgan fingerprint density at radius 1 is 0.556 bits per heavy atom. The molecule has 0 aromatic carbocycles. The SMILES string of the molecule is N[C@H](COc1cc(-c2ccc(C(=O)O)s2)sc1-c1ccc(-c2sc(-c3ccc(C(=O)O)s3)cc2OC[C@H](N)C(=O)O)s1)C(=O)O. The monoisotopic (exact) mass is 706 g/mol. The van der Waals surface area contributed by atoms with Crippen molar-refractivity contribution in [2.45, 2.75) is 12.1 Å². The predicted molar refractivity (Wildman–Crippen MR) is 174 cm³/mol. The standard InChI is InChI=1S/C28H22N2O10S5/c29-11(25(31)32)9-39-13-7-21(15-1-5-19(41-15)27(35)36)44-23(13)17-3-4-18(43-17)24-14(40-10-12(30)26(33)34)8-22(45-24)16-2-6-20(42-16)28(37)38/h1-8,11-12H,9-10,29-30H2,(H,31,32)(H,33,34)(H,35,36)(H,37,38)/t11-,12+. The molecular formula is C28H22N2O10S5. The molecule has 8 N–H and O–H groups in total. The number of carboxylic acid groups (broad SMARTS) is 4. The zero-order chi connectivity index (χ0) is 32.4. The Hall–Kier alpha value is -4.10. The van der Waals surface area contributed by atoms with Crippen molar-refractivity contribution in [1.29, 1.82) is 0 Å². The third kappa shape index (κ3) is 7.25. The molecule has 2 atom stereocenters. The summed E-state index contributed by atoms with van der Waals surface area (Å²) in [5, 5.41) is 37.2. The number of nitrogens with two attached hydrogens (primary N) is 2. The largest absolute Gasteiger partial charge is 0.490 e. The van der Waals surface area contributed by atoms with Crippen LogP contribution in [-0.2, 0) is 9.59 Å². The van der Waals surface area contributed by atoms with Gasteiger partial charge in [-0.1, -0.05) is 0 Å². The van der Waals surface area contributed by atoms with Crippen LogP contribution >= 0.6 is 56.7 Å². The molecule has 0 radical (unpaired) electrons. The Morgan fingerprint density at radius 3 is 1.27 bits per heavy atom. The van der Waals surface area contributed by atoms with Gasteiger partial charge in [-0.25, -0.2) is 9.59 Å². The average Bonchev–Trinajstić information content (AvgIpc) is 3.82. The van der Waals surface area contributed by atoms with E-state index in [-0.39, 0.29) is 23.0 Å². The van der Waals surface area contributed by atoms with Gasteiger partial charge < -0.3 is 41.4 Å². The molecule has 234 valence electrons. The maximum absolute atomic E-state index is 11.4. The van der Waals surface area contributed by atoms with Gasteiger partial charge in [-0.3, -0.25) is 9.59 Å². The van der Waals surface area contributed by atoms with Gasteiger partial charge in [0.05, 0.1) is 9.75 Å². The van der Waals surface area contributed by atoms with Gasteiger partial charge in [0.1, 0.15) is 46.6 Å². The highest BCUT2D eigenvalue weighted by molar-refractivity contribution is 7.30. The van der Waals surface area contributed by atoms with Crippen LogP contribution in [0, 0.1) is 0 Å². The van der Waals surface area contributed by atoms with Crippen LogP contribution in [0.2, 0.25) is 0 Å². The Bertz CT molecular complexity index is 1760. The molecule has 17 heteroatoms. The van der Waals surface area contributed by atoms with Gasteiger partial charge in [0.2, 0.25) is 0 Å². The van der Waals surface area contributed by atoms with E-state index in [0.717, 1.165) is 32.4 Å². The maximum atomic E-state index is 11.4. The number of ether oxygens (including phenoxy) is 2. The molecule has 0 aliphatic carbocycles. The van der Waals surface area contributed by atoms with Crippen molar-refractivity contribution in [3.05, 3.63) is 58.3 Å². The lowest BCUT2D eigenvalue weighted by molar-refractivity contribution is -0.140. The summed E-state index contributed by atoms with van der Waals surface area (Å²) < 4.78 is 11.7. The molecule has 0 unspecified atom stereocenters. The van der Waals surface area contributed by atoms with Crippen molar-refractivity contribution < 1.29 is 49.1 Å². The van der Waals surface area contributed by atoms with Crippen LogP contribution in [0.5, 0.6) is 11.5 Å². The van der Waals surface area contributed by atoms with E-state index in [1.165, 1.54) is 46.1 Å². The van der Waals surface area contributed by atoms with Gasteiger partial charge in [-0.05, 0) is 36.4 Å². The first kappa shape index (κ1) is 32.3. The molecule has 0 fully saturated rings. The highest BCUT2D eigenvalue weighted by Crippen LogP contribution is 2.51. The summed E-state index contributed by atoms with van der Waals surface area (Å²) in [6, 6.07) is 11.0. The van der Waals surface area contributed by atoms with Crippen LogP contribution in [0.1, 0.15) is 19.3 Å². The van der Waals surface area contributed by atoms with Crippen molar-refractivity contribution in [2.75, 3.05) is 13.2 Å². The van der Waals surface area contributed by atoms with Crippen LogP contribution in [0.3, 0.4) is 0 Å². The van der Waals surface area contributed by atoms with Crippen LogP contribution in [0.4, 0.5) is 0 Å². The van der Waals surface area contributed by atoms with Crippen molar-refractivity contribution in [2.24, 2.45) is 11.5 Å². The Balaban J connectivity index is 1.53. The summed E-state index contributed by atoms with van der Waals surface area (Å²) in [4.78, 5) is 51.5. The van der Waals surface area contributed by atoms with Crippen LogP contribution < -0.4 is 20.9 Å². The minimum atomic E-state index is -1.26. The number of rotatable bonds is 14. The summed E-state index contributed by atoms with van der Waals surface area (Å²) >= 11 is 6.24. The predicted octanol–water partition coefficient (Wildman–Crippen LogP) is 5.64. The van der Waals surface area contributed by atoms with Gasteiger partial charge in [0, 0.05) is 41.4 Å². The molecule has 5 rings (SSSR count).